The summed E-state index contributed by atoms with van der Waals surface area (Å²) in [7, 11) is 3.15. The Labute approximate surface area is 119 Å². The van der Waals surface area contributed by atoms with Gasteiger partial charge in [0.15, 0.2) is 6.61 Å². The maximum atomic E-state index is 11.6. The molecule has 0 spiro atoms. The third-order valence-corrected chi connectivity index (χ3v) is 2.70. The molecule has 0 unspecified atom stereocenters. The Morgan fingerprint density at radius 1 is 1.40 bits per heavy atom. The molecule has 6 heteroatoms. The van der Waals surface area contributed by atoms with Crippen molar-refractivity contribution >= 4 is 5.91 Å². The van der Waals surface area contributed by atoms with Crippen molar-refractivity contribution in [2.45, 2.75) is 13.0 Å². The second-order valence-electron chi connectivity index (χ2n) is 4.32. The monoisotopic (exact) mass is 282 g/mol. The minimum atomic E-state index is -0.208. The van der Waals surface area contributed by atoms with Gasteiger partial charge in [0.05, 0.1) is 13.7 Å². The molecule has 6 nitrogen and oxygen atoms in total. The van der Waals surface area contributed by atoms with Crippen molar-refractivity contribution in [2.75, 3.05) is 34.0 Å². The summed E-state index contributed by atoms with van der Waals surface area (Å²) in [5.74, 6) is 1.01. The first-order valence-electron chi connectivity index (χ1n) is 6.40. The highest BCUT2D eigenvalue weighted by atomic mass is 16.5. The van der Waals surface area contributed by atoms with E-state index in [1.807, 2.05) is 19.1 Å². The second-order valence-corrected chi connectivity index (χ2v) is 4.32. The van der Waals surface area contributed by atoms with Crippen LogP contribution in [0.5, 0.6) is 11.5 Å². The highest BCUT2D eigenvalue weighted by Crippen LogP contribution is 2.28. The van der Waals surface area contributed by atoms with E-state index in [1.165, 1.54) is 0 Å². The molecule has 1 atom stereocenters. The number of ether oxygens (including phenoxy) is 3. The summed E-state index contributed by atoms with van der Waals surface area (Å²) in [6.07, 6.45) is 0. The Balaban J connectivity index is 2.63. The summed E-state index contributed by atoms with van der Waals surface area (Å²) in [5, 5.41) is 2.68. The van der Waals surface area contributed by atoms with Crippen LogP contribution < -0.4 is 20.5 Å². The lowest BCUT2D eigenvalue weighted by Crippen LogP contribution is -2.31. The fourth-order valence-electron chi connectivity index (χ4n) is 1.63. The molecule has 3 N–H and O–H groups in total. The summed E-state index contributed by atoms with van der Waals surface area (Å²) in [6, 6.07) is 5.18. The lowest BCUT2D eigenvalue weighted by Gasteiger charge is -2.15. The Kier molecular flexibility index (Phi) is 6.83. The summed E-state index contributed by atoms with van der Waals surface area (Å²) in [4.78, 5) is 11.6. The molecule has 1 aromatic rings. The van der Waals surface area contributed by atoms with Gasteiger partial charge in [0.2, 0.25) is 0 Å². The minimum Gasteiger partial charge on any atom is -0.497 e. The van der Waals surface area contributed by atoms with Crippen molar-refractivity contribution in [1.29, 1.82) is 0 Å². The maximum absolute atomic E-state index is 11.6. The van der Waals surface area contributed by atoms with Gasteiger partial charge in [0.1, 0.15) is 11.5 Å². The normalized spacial score (nSPS) is 11.8. The number of amides is 1. The Hall–Kier alpha value is -1.79. The Morgan fingerprint density at radius 2 is 2.15 bits per heavy atom. The van der Waals surface area contributed by atoms with Crippen molar-refractivity contribution in [3.8, 4) is 11.5 Å². The zero-order valence-electron chi connectivity index (χ0n) is 12.1. The van der Waals surface area contributed by atoms with Gasteiger partial charge in [-0.05, 0) is 13.0 Å². The number of nitrogens with two attached hydrogens (primary N) is 1. The molecule has 1 aromatic carbocycles. The molecule has 0 aliphatic carbocycles. The van der Waals surface area contributed by atoms with Crippen molar-refractivity contribution in [3.63, 3.8) is 0 Å². The van der Waals surface area contributed by atoms with Crippen LogP contribution in [-0.4, -0.2) is 39.9 Å². The van der Waals surface area contributed by atoms with E-state index in [0.29, 0.717) is 24.7 Å². The number of benzene rings is 1. The topological polar surface area (TPSA) is 82.8 Å². The zero-order valence-corrected chi connectivity index (χ0v) is 12.1. The molecule has 112 valence electrons. The van der Waals surface area contributed by atoms with Gasteiger partial charge in [-0.15, -0.1) is 0 Å². The van der Waals surface area contributed by atoms with Crippen molar-refractivity contribution < 1.29 is 19.0 Å². The molecule has 0 aromatic heterocycles. The van der Waals surface area contributed by atoms with Gasteiger partial charge in [-0.1, -0.05) is 6.07 Å². The molecular formula is C14H22N2O4. The molecular weight excluding hydrogens is 260 g/mol. The van der Waals surface area contributed by atoms with E-state index in [-0.39, 0.29) is 18.6 Å². The average molecular weight is 282 g/mol. The van der Waals surface area contributed by atoms with E-state index in [0.717, 1.165) is 5.56 Å². The highest BCUT2D eigenvalue weighted by molar-refractivity contribution is 5.77. The smallest absolute Gasteiger partial charge is 0.258 e. The van der Waals surface area contributed by atoms with Crippen molar-refractivity contribution in [2.24, 2.45) is 5.73 Å². The molecule has 0 aliphatic rings. The second kappa shape index (κ2) is 8.39. The first-order valence-corrected chi connectivity index (χ1v) is 6.40. The summed E-state index contributed by atoms with van der Waals surface area (Å²) in [6.45, 7) is 2.71. The molecule has 0 radical (unpaired) electrons. The lowest BCUT2D eigenvalue weighted by atomic mass is 10.1. The first-order chi connectivity index (χ1) is 9.58. The van der Waals surface area contributed by atoms with E-state index in [9.17, 15) is 4.79 Å². The van der Waals surface area contributed by atoms with Crippen LogP contribution in [0.4, 0.5) is 0 Å². The molecule has 20 heavy (non-hydrogen) atoms. The van der Waals surface area contributed by atoms with Crippen LogP contribution in [-0.2, 0) is 9.53 Å². The lowest BCUT2D eigenvalue weighted by molar-refractivity contribution is -0.123. The standard InChI is InChI=1S/C14H22N2O4/c1-10(15)12-5-4-11(19-3)8-13(12)20-9-14(17)16-6-7-18-2/h4-5,8,10H,6-7,9,15H2,1-3H3,(H,16,17)/t10-/m0/s1. The third-order valence-electron chi connectivity index (χ3n) is 2.70. The largest absolute Gasteiger partial charge is 0.497 e. The van der Waals surface area contributed by atoms with Crippen LogP contribution in [0.2, 0.25) is 0 Å². The molecule has 0 heterocycles. The predicted molar refractivity (Wildman–Crippen MR) is 76.0 cm³/mol. The predicted octanol–water partition coefficient (Wildman–Crippen LogP) is 0.856. The summed E-state index contributed by atoms with van der Waals surface area (Å²) in [5.41, 5.74) is 6.70. The number of hydrogen-bond acceptors (Lipinski definition) is 5. The number of nitrogens with one attached hydrogen (secondary N) is 1. The molecule has 1 rings (SSSR count). The van der Waals surface area contributed by atoms with E-state index >= 15 is 0 Å². The van der Waals surface area contributed by atoms with Crippen LogP contribution in [0, 0.1) is 0 Å². The molecule has 0 saturated carbocycles. The quantitative estimate of drug-likeness (QED) is 0.691. The van der Waals surface area contributed by atoms with Gasteiger partial charge in [0.25, 0.3) is 5.91 Å². The fraction of sp³-hybridized carbons (Fsp3) is 0.500. The van der Waals surface area contributed by atoms with Crippen LogP contribution in [0.3, 0.4) is 0 Å². The molecule has 0 fully saturated rings. The van der Waals surface area contributed by atoms with Gasteiger partial charge in [-0.25, -0.2) is 0 Å². The van der Waals surface area contributed by atoms with Crippen LogP contribution in [0.15, 0.2) is 18.2 Å². The van der Waals surface area contributed by atoms with Crippen molar-refractivity contribution in [3.05, 3.63) is 23.8 Å². The van der Waals surface area contributed by atoms with E-state index in [1.54, 1.807) is 20.3 Å². The minimum absolute atomic E-state index is 0.0728. The number of carbonyl (C=O) groups is 1. The number of methoxy groups -OCH3 is 2. The van der Waals surface area contributed by atoms with Crippen LogP contribution >= 0.6 is 0 Å². The van der Waals surface area contributed by atoms with Gasteiger partial charge in [-0.2, -0.15) is 0 Å². The Morgan fingerprint density at radius 3 is 2.75 bits per heavy atom. The maximum Gasteiger partial charge on any atom is 0.258 e. The molecule has 1 amide bonds. The first kappa shape index (κ1) is 16.3. The number of rotatable bonds is 8. The molecule has 0 saturated heterocycles. The number of hydrogen-bond donors (Lipinski definition) is 2. The summed E-state index contributed by atoms with van der Waals surface area (Å²) >= 11 is 0. The molecule has 0 aliphatic heterocycles. The molecule has 0 bridgehead atoms. The average Bonchev–Trinajstić information content (AvgIpc) is 2.44. The highest BCUT2D eigenvalue weighted by Gasteiger charge is 2.11. The Bertz CT molecular complexity index is 435. The van der Waals surface area contributed by atoms with Crippen molar-refractivity contribution in [1.82, 2.24) is 5.32 Å². The van der Waals surface area contributed by atoms with Gasteiger partial charge >= 0.3 is 0 Å². The van der Waals surface area contributed by atoms with E-state index in [4.69, 9.17) is 19.9 Å². The number of carbonyl (C=O) groups excluding carboxylic acids is 1. The SMILES string of the molecule is COCCNC(=O)COc1cc(OC)ccc1[C@H](C)N. The van der Waals surface area contributed by atoms with E-state index in [2.05, 4.69) is 5.32 Å². The fourth-order valence-corrected chi connectivity index (χ4v) is 1.63. The van der Waals surface area contributed by atoms with Gasteiger partial charge < -0.3 is 25.3 Å². The third kappa shape index (κ3) is 5.07. The zero-order chi connectivity index (χ0) is 15.0. The van der Waals surface area contributed by atoms with Gasteiger partial charge in [0, 0.05) is 31.3 Å². The van der Waals surface area contributed by atoms with Gasteiger partial charge in [-0.3, -0.25) is 4.79 Å². The van der Waals surface area contributed by atoms with E-state index < -0.39 is 0 Å². The van der Waals surface area contributed by atoms with Crippen LogP contribution in [0.25, 0.3) is 0 Å². The van der Waals surface area contributed by atoms with Crippen LogP contribution in [0.1, 0.15) is 18.5 Å². The summed E-state index contributed by atoms with van der Waals surface area (Å²) < 4.78 is 15.5.